The van der Waals surface area contributed by atoms with Gasteiger partial charge in [0, 0.05) is 10.5 Å². The van der Waals surface area contributed by atoms with Crippen LogP contribution in [-0.4, -0.2) is 11.0 Å². The van der Waals surface area contributed by atoms with Crippen LogP contribution in [0.25, 0.3) is 10.2 Å². The molecule has 1 N–H and O–H groups in total. The van der Waals surface area contributed by atoms with E-state index in [1.165, 1.54) is 24.0 Å². The molecular weight excluding hydrogens is 320 g/mol. The predicted molar refractivity (Wildman–Crippen MR) is 86.9 cm³/mol. The SMILES string of the molecule is CC1CCCC(Nc2nc3ccc(Br)cc3s2)C1C. The van der Waals surface area contributed by atoms with Gasteiger partial charge < -0.3 is 5.32 Å². The number of nitrogens with one attached hydrogen (secondary N) is 1. The van der Waals surface area contributed by atoms with Crippen LogP contribution in [0.1, 0.15) is 33.1 Å². The van der Waals surface area contributed by atoms with E-state index in [-0.39, 0.29) is 0 Å². The molecule has 2 aromatic rings. The monoisotopic (exact) mass is 338 g/mol. The Morgan fingerprint density at radius 1 is 1.32 bits per heavy atom. The summed E-state index contributed by atoms with van der Waals surface area (Å²) in [6, 6.07) is 6.85. The average Bonchev–Trinajstić information content (AvgIpc) is 2.76. The molecule has 0 amide bonds. The Morgan fingerprint density at radius 3 is 3.00 bits per heavy atom. The number of hydrogen-bond donors (Lipinski definition) is 1. The summed E-state index contributed by atoms with van der Waals surface area (Å²) in [6.45, 7) is 4.74. The number of hydrogen-bond acceptors (Lipinski definition) is 3. The second-order valence-corrected chi connectivity index (χ2v) is 7.60. The van der Waals surface area contributed by atoms with Crippen LogP contribution in [0.4, 0.5) is 5.13 Å². The van der Waals surface area contributed by atoms with Crippen molar-refractivity contribution < 1.29 is 0 Å². The highest BCUT2D eigenvalue weighted by molar-refractivity contribution is 9.10. The first-order chi connectivity index (χ1) is 9.13. The molecule has 1 saturated carbocycles. The Hall–Kier alpha value is -0.610. The molecule has 2 nitrogen and oxygen atoms in total. The van der Waals surface area contributed by atoms with Crippen LogP contribution in [0.15, 0.2) is 22.7 Å². The fourth-order valence-corrected chi connectivity index (χ4v) is 4.38. The molecule has 1 aliphatic carbocycles. The summed E-state index contributed by atoms with van der Waals surface area (Å²) in [4.78, 5) is 4.69. The second-order valence-electron chi connectivity index (χ2n) is 5.65. The number of thiazole rings is 1. The molecule has 102 valence electrons. The zero-order chi connectivity index (χ0) is 13.4. The normalized spacial score (nSPS) is 27.6. The zero-order valence-electron chi connectivity index (χ0n) is 11.3. The Kier molecular flexibility index (Phi) is 3.81. The van der Waals surface area contributed by atoms with E-state index in [0.717, 1.165) is 27.0 Å². The van der Waals surface area contributed by atoms with Crippen LogP contribution in [0.5, 0.6) is 0 Å². The van der Waals surface area contributed by atoms with Crippen LogP contribution in [-0.2, 0) is 0 Å². The van der Waals surface area contributed by atoms with Crippen molar-refractivity contribution in [1.29, 1.82) is 0 Å². The smallest absolute Gasteiger partial charge is 0.184 e. The van der Waals surface area contributed by atoms with Crippen molar-refractivity contribution in [2.75, 3.05) is 5.32 Å². The van der Waals surface area contributed by atoms with Crippen molar-refractivity contribution in [3.8, 4) is 0 Å². The Balaban J connectivity index is 1.81. The third kappa shape index (κ3) is 2.79. The molecule has 0 bridgehead atoms. The number of halogens is 1. The van der Waals surface area contributed by atoms with Crippen molar-refractivity contribution in [3.05, 3.63) is 22.7 Å². The van der Waals surface area contributed by atoms with Crippen molar-refractivity contribution in [2.45, 2.75) is 39.2 Å². The van der Waals surface area contributed by atoms with Gasteiger partial charge in [-0.3, -0.25) is 0 Å². The maximum Gasteiger partial charge on any atom is 0.184 e. The predicted octanol–water partition coefficient (Wildman–Crippen LogP) is 5.30. The number of fused-ring (bicyclic) bond motifs is 1. The largest absolute Gasteiger partial charge is 0.358 e. The summed E-state index contributed by atoms with van der Waals surface area (Å²) in [5.41, 5.74) is 1.09. The lowest BCUT2D eigenvalue weighted by atomic mass is 9.78. The highest BCUT2D eigenvalue weighted by Gasteiger charge is 2.27. The van der Waals surface area contributed by atoms with E-state index in [0.29, 0.717) is 6.04 Å². The molecular formula is C15H19BrN2S. The van der Waals surface area contributed by atoms with E-state index in [2.05, 4.69) is 53.3 Å². The van der Waals surface area contributed by atoms with Crippen LogP contribution >= 0.6 is 27.3 Å². The molecule has 19 heavy (non-hydrogen) atoms. The van der Waals surface area contributed by atoms with E-state index in [1.807, 2.05) is 0 Å². The van der Waals surface area contributed by atoms with Crippen molar-refractivity contribution >= 4 is 42.6 Å². The van der Waals surface area contributed by atoms with Gasteiger partial charge in [-0.2, -0.15) is 0 Å². The van der Waals surface area contributed by atoms with Crippen LogP contribution in [0.3, 0.4) is 0 Å². The van der Waals surface area contributed by atoms with Crippen molar-refractivity contribution in [1.82, 2.24) is 4.98 Å². The van der Waals surface area contributed by atoms with Gasteiger partial charge in [-0.1, -0.05) is 54.0 Å². The van der Waals surface area contributed by atoms with Gasteiger partial charge in [0.2, 0.25) is 0 Å². The summed E-state index contributed by atoms with van der Waals surface area (Å²) in [7, 11) is 0. The third-order valence-corrected chi connectivity index (χ3v) is 5.81. The molecule has 0 radical (unpaired) electrons. The minimum atomic E-state index is 0.577. The number of rotatable bonds is 2. The number of anilines is 1. The molecule has 1 aliphatic rings. The van der Waals surface area contributed by atoms with Gasteiger partial charge in [0.1, 0.15) is 0 Å². The van der Waals surface area contributed by atoms with Crippen molar-refractivity contribution in [3.63, 3.8) is 0 Å². The fourth-order valence-electron chi connectivity index (χ4n) is 2.90. The van der Waals surface area contributed by atoms with Gasteiger partial charge in [-0.15, -0.1) is 0 Å². The summed E-state index contributed by atoms with van der Waals surface area (Å²) in [6.07, 6.45) is 3.97. The highest BCUT2D eigenvalue weighted by Crippen LogP contribution is 2.34. The van der Waals surface area contributed by atoms with E-state index in [4.69, 9.17) is 4.98 Å². The van der Waals surface area contributed by atoms with Gasteiger partial charge >= 0.3 is 0 Å². The summed E-state index contributed by atoms with van der Waals surface area (Å²) in [5, 5.41) is 4.73. The third-order valence-electron chi connectivity index (χ3n) is 4.37. The van der Waals surface area contributed by atoms with Gasteiger partial charge in [0.05, 0.1) is 10.2 Å². The molecule has 0 spiro atoms. The quantitative estimate of drug-likeness (QED) is 0.803. The lowest BCUT2D eigenvalue weighted by Crippen LogP contribution is -2.34. The fraction of sp³-hybridized carbons (Fsp3) is 0.533. The Labute approximate surface area is 126 Å². The minimum absolute atomic E-state index is 0.577. The van der Waals surface area contributed by atoms with Crippen molar-refractivity contribution in [2.24, 2.45) is 11.8 Å². The first kappa shape index (κ1) is 13.4. The maximum absolute atomic E-state index is 4.69. The number of benzene rings is 1. The maximum atomic E-state index is 4.69. The molecule has 1 aromatic carbocycles. The van der Waals surface area contributed by atoms with E-state index in [9.17, 15) is 0 Å². The topological polar surface area (TPSA) is 24.9 Å². The van der Waals surface area contributed by atoms with Crippen LogP contribution in [0, 0.1) is 11.8 Å². The molecule has 1 fully saturated rings. The summed E-state index contributed by atoms with van der Waals surface area (Å²) < 4.78 is 2.36. The Morgan fingerprint density at radius 2 is 2.16 bits per heavy atom. The van der Waals surface area contributed by atoms with Crippen LogP contribution < -0.4 is 5.32 Å². The van der Waals surface area contributed by atoms with E-state index < -0.39 is 0 Å². The van der Waals surface area contributed by atoms with E-state index in [1.54, 1.807) is 11.3 Å². The summed E-state index contributed by atoms with van der Waals surface area (Å²) >= 11 is 5.27. The molecule has 1 aromatic heterocycles. The van der Waals surface area contributed by atoms with Gasteiger partial charge in [0.15, 0.2) is 5.13 Å². The average molecular weight is 339 g/mol. The highest BCUT2D eigenvalue weighted by atomic mass is 79.9. The minimum Gasteiger partial charge on any atom is -0.358 e. The number of aromatic nitrogens is 1. The second kappa shape index (κ2) is 5.41. The first-order valence-corrected chi connectivity index (χ1v) is 8.57. The standard InChI is InChI=1S/C15H19BrN2S/c1-9-4-3-5-12(10(9)2)17-15-18-13-7-6-11(16)8-14(13)19-15/h6-10,12H,3-5H2,1-2H3,(H,17,18). The zero-order valence-corrected chi connectivity index (χ0v) is 13.7. The van der Waals surface area contributed by atoms with Gasteiger partial charge in [0.25, 0.3) is 0 Å². The molecule has 1 heterocycles. The van der Waals surface area contributed by atoms with Crippen LogP contribution in [0.2, 0.25) is 0 Å². The molecule has 3 atom stereocenters. The molecule has 3 unspecified atom stereocenters. The molecule has 4 heteroatoms. The lowest BCUT2D eigenvalue weighted by molar-refractivity contribution is 0.253. The first-order valence-electron chi connectivity index (χ1n) is 6.96. The molecule has 3 rings (SSSR count). The van der Waals surface area contributed by atoms with Gasteiger partial charge in [-0.25, -0.2) is 4.98 Å². The van der Waals surface area contributed by atoms with Gasteiger partial charge in [-0.05, 0) is 36.5 Å². The lowest BCUT2D eigenvalue weighted by Gasteiger charge is -2.34. The summed E-state index contributed by atoms with van der Waals surface area (Å²) in [5.74, 6) is 1.54. The molecule has 0 saturated heterocycles. The van der Waals surface area contributed by atoms with E-state index >= 15 is 0 Å². The Bertz CT molecular complexity index is 581. The number of nitrogens with zero attached hydrogens (tertiary/aromatic N) is 1. The molecule has 0 aliphatic heterocycles.